The molecular formula is C14H25NO3. The molecule has 18 heavy (non-hydrogen) atoms. The van der Waals surface area contributed by atoms with E-state index >= 15 is 0 Å². The van der Waals surface area contributed by atoms with Gasteiger partial charge in [-0.2, -0.15) is 0 Å². The summed E-state index contributed by atoms with van der Waals surface area (Å²) >= 11 is 0. The second-order valence-corrected chi connectivity index (χ2v) is 5.94. The summed E-state index contributed by atoms with van der Waals surface area (Å²) in [6.07, 6.45) is 7.64. The van der Waals surface area contributed by atoms with Crippen LogP contribution in [-0.4, -0.2) is 34.9 Å². The Labute approximate surface area is 109 Å². The second kappa shape index (κ2) is 6.53. The van der Waals surface area contributed by atoms with Gasteiger partial charge in [0.25, 0.3) is 0 Å². The number of aliphatic hydroxyl groups is 2. The highest BCUT2D eigenvalue weighted by atomic mass is 16.3. The van der Waals surface area contributed by atoms with Gasteiger partial charge in [-0.25, -0.2) is 0 Å². The fourth-order valence-corrected chi connectivity index (χ4v) is 3.35. The van der Waals surface area contributed by atoms with E-state index in [0.29, 0.717) is 19.3 Å². The summed E-state index contributed by atoms with van der Waals surface area (Å²) in [5, 5.41) is 21.7. The largest absolute Gasteiger partial charge is 0.396 e. The molecule has 0 aromatic carbocycles. The summed E-state index contributed by atoms with van der Waals surface area (Å²) in [5.74, 6) is 0.790. The van der Waals surface area contributed by atoms with Gasteiger partial charge >= 0.3 is 0 Å². The molecule has 0 aromatic rings. The lowest BCUT2D eigenvalue weighted by atomic mass is 10.0. The van der Waals surface area contributed by atoms with E-state index in [4.69, 9.17) is 5.11 Å². The molecule has 0 unspecified atom stereocenters. The van der Waals surface area contributed by atoms with Crippen molar-refractivity contribution in [3.05, 3.63) is 0 Å². The highest BCUT2D eigenvalue weighted by molar-refractivity contribution is 5.76. The molecule has 2 aliphatic rings. The first-order valence-electron chi connectivity index (χ1n) is 7.27. The van der Waals surface area contributed by atoms with Crippen molar-refractivity contribution in [2.45, 2.75) is 63.5 Å². The summed E-state index contributed by atoms with van der Waals surface area (Å²) in [5.41, 5.74) is 0. The van der Waals surface area contributed by atoms with Gasteiger partial charge in [0, 0.05) is 25.0 Å². The molecule has 0 bridgehead atoms. The molecule has 0 saturated heterocycles. The number of carbonyl (C=O) groups is 1. The Morgan fingerprint density at radius 2 is 1.94 bits per heavy atom. The predicted molar refractivity (Wildman–Crippen MR) is 68.9 cm³/mol. The van der Waals surface area contributed by atoms with Crippen LogP contribution in [0.2, 0.25) is 0 Å². The minimum Gasteiger partial charge on any atom is -0.396 e. The minimum atomic E-state index is -0.463. The highest BCUT2D eigenvalue weighted by Gasteiger charge is 2.33. The standard InChI is InChI=1S/C14H25NO3/c16-9-11-7-12(8-13(11)17)15-14(18)6-5-10-3-1-2-4-10/h10-13,16-17H,1-9H2,(H,15,18)/t11-,12+,13-/m1/s1. The van der Waals surface area contributed by atoms with Crippen molar-refractivity contribution < 1.29 is 15.0 Å². The molecule has 2 rings (SSSR count). The van der Waals surface area contributed by atoms with Gasteiger partial charge in [-0.3, -0.25) is 4.79 Å². The van der Waals surface area contributed by atoms with Crippen LogP contribution in [0.1, 0.15) is 51.4 Å². The summed E-state index contributed by atoms with van der Waals surface area (Å²) in [6.45, 7) is 0.00953. The van der Waals surface area contributed by atoms with Crippen LogP contribution in [0.4, 0.5) is 0 Å². The first kappa shape index (κ1) is 13.8. The van der Waals surface area contributed by atoms with Crippen LogP contribution in [0, 0.1) is 11.8 Å². The lowest BCUT2D eigenvalue weighted by Crippen LogP contribution is -2.33. The third-order valence-electron chi connectivity index (χ3n) is 4.51. The fraction of sp³-hybridized carbons (Fsp3) is 0.929. The van der Waals surface area contributed by atoms with Crippen molar-refractivity contribution >= 4 is 5.91 Å². The lowest BCUT2D eigenvalue weighted by Gasteiger charge is -2.13. The maximum Gasteiger partial charge on any atom is 0.220 e. The van der Waals surface area contributed by atoms with Crippen LogP contribution in [0.5, 0.6) is 0 Å². The topological polar surface area (TPSA) is 69.6 Å². The van der Waals surface area contributed by atoms with Gasteiger partial charge < -0.3 is 15.5 Å². The number of nitrogens with one attached hydrogen (secondary N) is 1. The molecular weight excluding hydrogens is 230 g/mol. The van der Waals surface area contributed by atoms with E-state index in [-0.39, 0.29) is 24.5 Å². The Morgan fingerprint density at radius 3 is 2.56 bits per heavy atom. The van der Waals surface area contributed by atoms with Crippen LogP contribution >= 0.6 is 0 Å². The van der Waals surface area contributed by atoms with Gasteiger partial charge in [0.1, 0.15) is 0 Å². The fourth-order valence-electron chi connectivity index (χ4n) is 3.35. The van der Waals surface area contributed by atoms with Crippen molar-refractivity contribution in [1.29, 1.82) is 0 Å². The van der Waals surface area contributed by atoms with E-state index in [1.807, 2.05) is 0 Å². The molecule has 3 atom stereocenters. The molecule has 3 N–H and O–H groups in total. The van der Waals surface area contributed by atoms with Crippen molar-refractivity contribution in [2.24, 2.45) is 11.8 Å². The van der Waals surface area contributed by atoms with Crippen LogP contribution in [0.25, 0.3) is 0 Å². The smallest absolute Gasteiger partial charge is 0.220 e. The van der Waals surface area contributed by atoms with Gasteiger partial charge in [0.05, 0.1) is 6.10 Å². The number of aliphatic hydroxyl groups excluding tert-OH is 2. The molecule has 1 amide bonds. The van der Waals surface area contributed by atoms with Crippen LogP contribution in [0.3, 0.4) is 0 Å². The quantitative estimate of drug-likeness (QED) is 0.691. The van der Waals surface area contributed by atoms with Gasteiger partial charge in [0.2, 0.25) is 5.91 Å². The maximum atomic E-state index is 11.8. The van der Waals surface area contributed by atoms with Crippen molar-refractivity contribution in [2.75, 3.05) is 6.61 Å². The molecule has 0 aromatic heterocycles. The molecule has 0 heterocycles. The van der Waals surface area contributed by atoms with Crippen molar-refractivity contribution in [3.63, 3.8) is 0 Å². The van der Waals surface area contributed by atoms with E-state index in [2.05, 4.69) is 5.32 Å². The van der Waals surface area contributed by atoms with Gasteiger partial charge in [-0.05, 0) is 25.2 Å². The summed E-state index contributed by atoms with van der Waals surface area (Å²) in [4.78, 5) is 11.8. The Hall–Kier alpha value is -0.610. The normalized spacial score (nSPS) is 32.9. The van der Waals surface area contributed by atoms with E-state index in [1.54, 1.807) is 0 Å². The average Bonchev–Trinajstić information content (AvgIpc) is 2.96. The number of hydrogen-bond donors (Lipinski definition) is 3. The number of hydrogen-bond acceptors (Lipinski definition) is 3. The number of rotatable bonds is 5. The van der Waals surface area contributed by atoms with Crippen molar-refractivity contribution in [1.82, 2.24) is 5.32 Å². The number of amides is 1. The van der Waals surface area contributed by atoms with E-state index in [9.17, 15) is 9.90 Å². The molecule has 4 heteroatoms. The summed E-state index contributed by atoms with van der Waals surface area (Å²) < 4.78 is 0. The Bertz CT molecular complexity index is 276. The zero-order valence-corrected chi connectivity index (χ0v) is 11.0. The summed E-state index contributed by atoms with van der Waals surface area (Å²) in [7, 11) is 0. The van der Waals surface area contributed by atoms with E-state index in [1.165, 1.54) is 25.7 Å². The predicted octanol–water partition coefficient (Wildman–Crippen LogP) is 1.20. The minimum absolute atomic E-state index is 0.00953. The molecule has 4 nitrogen and oxygen atoms in total. The second-order valence-electron chi connectivity index (χ2n) is 5.94. The van der Waals surface area contributed by atoms with Crippen LogP contribution < -0.4 is 5.32 Å². The van der Waals surface area contributed by atoms with Gasteiger partial charge in [-0.1, -0.05) is 25.7 Å². The molecule has 0 spiro atoms. The first-order chi connectivity index (χ1) is 8.69. The monoisotopic (exact) mass is 255 g/mol. The van der Waals surface area contributed by atoms with Gasteiger partial charge in [0.15, 0.2) is 0 Å². The molecule has 2 aliphatic carbocycles. The molecule has 2 fully saturated rings. The molecule has 2 saturated carbocycles. The van der Waals surface area contributed by atoms with Crippen LogP contribution in [0.15, 0.2) is 0 Å². The Morgan fingerprint density at radius 1 is 1.22 bits per heavy atom. The third-order valence-corrected chi connectivity index (χ3v) is 4.51. The van der Waals surface area contributed by atoms with Crippen molar-refractivity contribution in [3.8, 4) is 0 Å². The molecule has 0 radical (unpaired) electrons. The molecule has 104 valence electrons. The Kier molecular flexibility index (Phi) is 5.01. The molecule has 0 aliphatic heterocycles. The first-order valence-corrected chi connectivity index (χ1v) is 7.27. The Balaban J connectivity index is 1.65. The van der Waals surface area contributed by atoms with Crippen LogP contribution in [-0.2, 0) is 4.79 Å². The van der Waals surface area contributed by atoms with E-state index < -0.39 is 6.10 Å². The lowest BCUT2D eigenvalue weighted by molar-refractivity contribution is -0.122. The average molecular weight is 255 g/mol. The zero-order valence-electron chi connectivity index (χ0n) is 11.0. The number of carbonyl (C=O) groups excluding carboxylic acids is 1. The van der Waals surface area contributed by atoms with E-state index in [0.717, 1.165) is 12.3 Å². The highest BCUT2D eigenvalue weighted by Crippen LogP contribution is 2.29. The SMILES string of the molecule is O=C(CCC1CCCC1)N[C@H]1C[C@H](CO)[C@H](O)C1. The zero-order chi connectivity index (χ0) is 13.0. The maximum absolute atomic E-state index is 11.8. The summed E-state index contributed by atoms with van der Waals surface area (Å²) in [6, 6.07) is 0.0493. The third kappa shape index (κ3) is 3.69. The van der Waals surface area contributed by atoms with Gasteiger partial charge in [-0.15, -0.1) is 0 Å².